The van der Waals surface area contributed by atoms with Crippen molar-refractivity contribution in [1.82, 2.24) is 19.9 Å². The third-order valence-electron chi connectivity index (χ3n) is 5.06. The number of carbonyl (C=O) groups is 1. The number of aromatic nitrogens is 3. The molecule has 1 N–H and O–H groups in total. The molecule has 4 rings (SSSR count). The Morgan fingerprint density at radius 1 is 1.23 bits per heavy atom. The predicted octanol–water partition coefficient (Wildman–Crippen LogP) is 1.72. The standard InChI is InChI=1S/C19H22N4O3/c24-17-11-15(13-5-7-20-8-6-13)21-18(22-17)14-3-1-9-23(12-14)19(25)16-4-2-10-26-16/h5-8,11,14,16H,1-4,9-10,12H2,(H,21,22,24)/t14-,16-/m0/s1. The molecular weight excluding hydrogens is 332 g/mol. The first-order valence-electron chi connectivity index (χ1n) is 9.13. The summed E-state index contributed by atoms with van der Waals surface area (Å²) < 4.78 is 5.53. The maximum atomic E-state index is 12.6. The monoisotopic (exact) mass is 354 g/mol. The van der Waals surface area contributed by atoms with Gasteiger partial charge in [0.15, 0.2) is 0 Å². The minimum Gasteiger partial charge on any atom is -0.368 e. The summed E-state index contributed by atoms with van der Waals surface area (Å²) in [5.74, 6) is 0.748. The number of hydrogen-bond acceptors (Lipinski definition) is 5. The number of ether oxygens (including phenoxy) is 1. The molecule has 4 heterocycles. The fourth-order valence-corrected chi connectivity index (χ4v) is 3.72. The lowest BCUT2D eigenvalue weighted by atomic mass is 9.96. The van der Waals surface area contributed by atoms with E-state index < -0.39 is 0 Å². The zero-order valence-corrected chi connectivity index (χ0v) is 14.6. The Balaban J connectivity index is 1.56. The number of rotatable bonds is 3. The van der Waals surface area contributed by atoms with Gasteiger partial charge in [-0.15, -0.1) is 0 Å². The van der Waals surface area contributed by atoms with Gasteiger partial charge in [-0.05, 0) is 37.8 Å². The van der Waals surface area contributed by atoms with Gasteiger partial charge in [0.25, 0.3) is 11.5 Å². The minimum atomic E-state index is -0.302. The molecule has 2 fully saturated rings. The van der Waals surface area contributed by atoms with E-state index in [1.807, 2.05) is 17.0 Å². The molecule has 136 valence electrons. The molecule has 26 heavy (non-hydrogen) atoms. The molecule has 2 aliphatic rings. The van der Waals surface area contributed by atoms with Crippen molar-refractivity contribution < 1.29 is 9.53 Å². The number of piperidine rings is 1. The quantitative estimate of drug-likeness (QED) is 0.907. The number of H-pyrrole nitrogens is 1. The molecule has 2 aromatic heterocycles. The number of nitrogens with one attached hydrogen (secondary N) is 1. The molecule has 0 aliphatic carbocycles. The molecular formula is C19H22N4O3. The van der Waals surface area contributed by atoms with Gasteiger partial charge in [-0.25, -0.2) is 4.98 Å². The Hall–Kier alpha value is -2.54. The van der Waals surface area contributed by atoms with Gasteiger partial charge >= 0.3 is 0 Å². The largest absolute Gasteiger partial charge is 0.368 e. The number of hydrogen-bond donors (Lipinski definition) is 1. The van der Waals surface area contributed by atoms with E-state index in [1.54, 1.807) is 12.4 Å². The van der Waals surface area contributed by atoms with Crippen LogP contribution >= 0.6 is 0 Å². The van der Waals surface area contributed by atoms with Gasteiger partial charge in [0.2, 0.25) is 0 Å². The number of amides is 1. The van der Waals surface area contributed by atoms with E-state index in [0.29, 0.717) is 24.7 Å². The third kappa shape index (κ3) is 3.53. The average molecular weight is 354 g/mol. The van der Waals surface area contributed by atoms with E-state index in [1.165, 1.54) is 6.07 Å². The molecule has 0 spiro atoms. The van der Waals surface area contributed by atoms with Crippen LogP contribution in [-0.2, 0) is 9.53 Å². The van der Waals surface area contributed by atoms with Crippen molar-refractivity contribution in [3.63, 3.8) is 0 Å². The first-order chi connectivity index (χ1) is 12.7. The van der Waals surface area contributed by atoms with Crippen molar-refractivity contribution in [1.29, 1.82) is 0 Å². The van der Waals surface area contributed by atoms with Crippen LogP contribution in [0.1, 0.15) is 37.4 Å². The molecule has 2 saturated heterocycles. The van der Waals surface area contributed by atoms with E-state index in [9.17, 15) is 9.59 Å². The average Bonchev–Trinajstić information content (AvgIpc) is 3.22. The Morgan fingerprint density at radius 3 is 2.85 bits per heavy atom. The Morgan fingerprint density at radius 2 is 2.08 bits per heavy atom. The molecule has 7 heteroatoms. The zero-order chi connectivity index (χ0) is 17.9. The maximum absolute atomic E-state index is 12.6. The summed E-state index contributed by atoms with van der Waals surface area (Å²) >= 11 is 0. The molecule has 0 radical (unpaired) electrons. The third-order valence-corrected chi connectivity index (χ3v) is 5.06. The fourth-order valence-electron chi connectivity index (χ4n) is 3.72. The first kappa shape index (κ1) is 16.9. The van der Waals surface area contributed by atoms with Crippen LogP contribution in [0.4, 0.5) is 0 Å². The molecule has 0 saturated carbocycles. The van der Waals surface area contributed by atoms with Crippen LogP contribution in [-0.4, -0.2) is 51.6 Å². The summed E-state index contributed by atoms with van der Waals surface area (Å²) in [7, 11) is 0. The van der Waals surface area contributed by atoms with Gasteiger partial charge in [-0.1, -0.05) is 0 Å². The van der Waals surface area contributed by atoms with Gasteiger partial charge in [0.05, 0.1) is 5.69 Å². The Kier molecular flexibility index (Phi) is 4.79. The maximum Gasteiger partial charge on any atom is 0.251 e. The lowest BCUT2D eigenvalue weighted by Crippen LogP contribution is -2.44. The second kappa shape index (κ2) is 7.37. The summed E-state index contributed by atoms with van der Waals surface area (Å²) in [6.07, 6.45) is 6.60. The van der Waals surface area contributed by atoms with Crippen molar-refractivity contribution in [3.8, 4) is 11.3 Å². The van der Waals surface area contributed by atoms with E-state index in [4.69, 9.17) is 4.74 Å². The topological polar surface area (TPSA) is 88.2 Å². The number of pyridine rings is 1. The van der Waals surface area contributed by atoms with E-state index in [-0.39, 0.29) is 23.5 Å². The summed E-state index contributed by atoms with van der Waals surface area (Å²) in [6.45, 7) is 1.97. The van der Waals surface area contributed by atoms with Gasteiger partial charge in [0.1, 0.15) is 11.9 Å². The van der Waals surface area contributed by atoms with Crippen LogP contribution in [0.15, 0.2) is 35.4 Å². The Bertz CT molecular complexity index is 830. The lowest BCUT2D eigenvalue weighted by molar-refractivity contribution is -0.142. The summed E-state index contributed by atoms with van der Waals surface area (Å²) in [6, 6.07) is 5.16. The van der Waals surface area contributed by atoms with Crippen LogP contribution in [0.2, 0.25) is 0 Å². The van der Waals surface area contributed by atoms with E-state index >= 15 is 0 Å². The highest BCUT2D eigenvalue weighted by Crippen LogP contribution is 2.27. The molecule has 2 aliphatic heterocycles. The molecule has 1 amide bonds. The van der Waals surface area contributed by atoms with Crippen LogP contribution < -0.4 is 5.56 Å². The predicted molar refractivity (Wildman–Crippen MR) is 95.6 cm³/mol. The molecule has 2 atom stereocenters. The van der Waals surface area contributed by atoms with Crippen molar-refractivity contribution >= 4 is 5.91 Å². The van der Waals surface area contributed by atoms with Crippen LogP contribution in [0, 0.1) is 0 Å². The van der Waals surface area contributed by atoms with Crippen LogP contribution in [0.25, 0.3) is 11.3 Å². The number of carbonyl (C=O) groups excluding carboxylic acids is 1. The van der Waals surface area contributed by atoms with E-state index in [2.05, 4.69) is 15.0 Å². The van der Waals surface area contributed by atoms with Crippen molar-refractivity contribution in [3.05, 3.63) is 46.8 Å². The zero-order valence-electron chi connectivity index (χ0n) is 14.6. The van der Waals surface area contributed by atoms with Crippen LogP contribution in [0.5, 0.6) is 0 Å². The molecule has 0 aromatic carbocycles. The first-order valence-corrected chi connectivity index (χ1v) is 9.13. The normalized spacial score (nSPS) is 23.2. The van der Waals surface area contributed by atoms with Gasteiger partial charge < -0.3 is 14.6 Å². The summed E-state index contributed by atoms with van der Waals surface area (Å²) in [4.78, 5) is 38.2. The SMILES string of the molecule is O=C([C@@H]1CCCO1)N1CCC[C@H](c2nc(-c3ccncc3)cc(=O)[nH]2)C1. The van der Waals surface area contributed by atoms with Crippen molar-refractivity contribution in [2.45, 2.75) is 37.7 Å². The highest BCUT2D eigenvalue weighted by atomic mass is 16.5. The van der Waals surface area contributed by atoms with Gasteiger partial charge in [0, 0.05) is 49.6 Å². The lowest BCUT2D eigenvalue weighted by Gasteiger charge is -2.33. The highest BCUT2D eigenvalue weighted by Gasteiger charge is 2.32. The fraction of sp³-hybridized carbons (Fsp3) is 0.474. The second-order valence-corrected chi connectivity index (χ2v) is 6.88. The Labute approximate surface area is 151 Å². The smallest absolute Gasteiger partial charge is 0.251 e. The number of likely N-dealkylation sites (tertiary alicyclic amines) is 1. The number of nitrogens with zero attached hydrogens (tertiary/aromatic N) is 3. The molecule has 0 bridgehead atoms. The summed E-state index contributed by atoms with van der Waals surface area (Å²) in [5, 5.41) is 0. The second-order valence-electron chi connectivity index (χ2n) is 6.88. The van der Waals surface area contributed by atoms with Crippen LogP contribution in [0.3, 0.4) is 0 Å². The highest BCUT2D eigenvalue weighted by molar-refractivity contribution is 5.81. The van der Waals surface area contributed by atoms with Gasteiger partial charge in [-0.2, -0.15) is 0 Å². The van der Waals surface area contributed by atoms with Gasteiger partial charge in [-0.3, -0.25) is 14.6 Å². The summed E-state index contributed by atoms with van der Waals surface area (Å²) in [5.41, 5.74) is 1.31. The number of aromatic amines is 1. The van der Waals surface area contributed by atoms with E-state index in [0.717, 1.165) is 37.8 Å². The minimum absolute atomic E-state index is 0.0311. The molecule has 2 aromatic rings. The van der Waals surface area contributed by atoms with Crippen molar-refractivity contribution in [2.24, 2.45) is 0 Å². The molecule has 0 unspecified atom stereocenters. The molecule has 7 nitrogen and oxygen atoms in total. The van der Waals surface area contributed by atoms with Crippen molar-refractivity contribution in [2.75, 3.05) is 19.7 Å².